The van der Waals surface area contributed by atoms with Gasteiger partial charge in [0.2, 0.25) is 5.91 Å². The van der Waals surface area contributed by atoms with E-state index in [1.54, 1.807) is 37.4 Å². The van der Waals surface area contributed by atoms with Crippen LogP contribution < -0.4 is 5.32 Å². The molecule has 0 saturated heterocycles. The van der Waals surface area contributed by atoms with Crippen molar-refractivity contribution in [1.29, 1.82) is 0 Å². The van der Waals surface area contributed by atoms with Gasteiger partial charge in [-0.3, -0.25) is 9.59 Å². The number of hydrogen-bond acceptors (Lipinski definition) is 2. The molecule has 120 valence electrons. The van der Waals surface area contributed by atoms with E-state index in [9.17, 15) is 9.59 Å². The van der Waals surface area contributed by atoms with Gasteiger partial charge >= 0.3 is 0 Å². The Labute approximate surface area is 145 Å². The maximum Gasteiger partial charge on any atom is 0.254 e. The van der Waals surface area contributed by atoms with E-state index in [4.69, 9.17) is 23.2 Å². The smallest absolute Gasteiger partial charge is 0.254 e. The third-order valence-corrected chi connectivity index (χ3v) is 3.96. The van der Waals surface area contributed by atoms with Crippen molar-refractivity contribution in [2.24, 2.45) is 0 Å². The molecule has 0 spiro atoms. The van der Waals surface area contributed by atoms with Crippen molar-refractivity contribution in [3.05, 3.63) is 63.6 Å². The number of amides is 2. The summed E-state index contributed by atoms with van der Waals surface area (Å²) in [6.07, 6.45) is 0. The molecule has 1 N–H and O–H groups in total. The van der Waals surface area contributed by atoms with Gasteiger partial charge in [0.25, 0.3) is 5.91 Å². The Morgan fingerprint density at radius 2 is 1.65 bits per heavy atom. The van der Waals surface area contributed by atoms with Crippen LogP contribution in [-0.4, -0.2) is 30.3 Å². The van der Waals surface area contributed by atoms with Gasteiger partial charge in [0, 0.05) is 12.6 Å². The van der Waals surface area contributed by atoms with Gasteiger partial charge in [0.15, 0.2) is 0 Å². The summed E-state index contributed by atoms with van der Waals surface area (Å²) in [5.41, 5.74) is 1.77. The summed E-state index contributed by atoms with van der Waals surface area (Å²) in [5, 5.41) is 3.33. The lowest BCUT2D eigenvalue weighted by Crippen LogP contribution is -2.35. The summed E-state index contributed by atoms with van der Waals surface area (Å²) in [6, 6.07) is 12.2. The highest BCUT2D eigenvalue weighted by atomic mass is 35.5. The van der Waals surface area contributed by atoms with E-state index in [2.05, 4.69) is 5.32 Å². The molecule has 0 heterocycles. The fourth-order valence-electron chi connectivity index (χ4n) is 2.10. The van der Waals surface area contributed by atoms with Gasteiger partial charge in [-0.1, -0.05) is 47.5 Å². The van der Waals surface area contributed by atoms with Gasteiger partial charge < -0.3 is 10.2 Å². The average molecular weight is 351 g/mol. The van der Waals surface area contributed by atoms with Crippen molar-refractivity contribution in [2.75, 3.05) is 18.9 Å². The van der Waals surface area contributed by atoms with E-state index in [0.29, 0.717) is 21.3 Å². The molecule has 0 fully saturated rings. The number of carbonyl (C=O) groups is 2. The molecule has 0 unspecified atom stereocenters. The molecule has 2 amide bonds. The van der Waals surface area contributed by atoms with Gasteiger partial charge in [-0.05, 0) is 30.7 Å². The fourth-order valence-corrected chi connectivity index (χ4v) is 2.59. The van der Waals surface area contributed by atoms with Gasteiger partial charge in [0.1, 0.15) is 0 Å². The van der Waals surface area contributed by atoms with Gasteiger partial charge in [-0.15, -0.1) is 0 Å². The second kappa shape index (κ2) is 7.49. The first-order valence-electron chi connectivity index (χ1n) is 6.95. The molecule has 0 radical (unpaired) electrons. The maximum absolute atomic E-state index is 12.4. The minimum Gasteiger partial charge on any atom is -0.332 e. The molecule has 0 aliphatic heterocycles. The summed E-state index contributed by atoms with van der Waals surface area (Å²) >= 11 is 12.0. The summed E-state index contributed by atoms with van der Waals surface area (Å²) in [4.78, 5) is 25.9. The lowest BCUT2D eigenvalue weighted by Gasteiger charge is -2.18. The molecule has 4 nitrogen and oxygen atoms in total. The zero-order valence-corrected chi connectivity index (χ0v) is 14.3. The third kappa shape index (κ3) is 4.24. The third-order valence-electron chi connectivity index (χ3n) is 3.33. The normalized spacial score (nSPS) is 10.3. The van der Waals surface area contributed by atoms with Gasteiger partial charge in [-0.25, -0.2) is 0 Å². The minimum atomic E-state index is -0.371. The Bertz CT molecular complexity index is 727. The van der Waals surface area contributed by atoms with E-state index in [1.165, 1.54) is 4.90 Å². The van der Waals surface area contributed by atoms with Crippen LogP contribution >= 0.6 is 23.2 Å². The summed E-state index contributed by atoms with van der Waals surface area (Å²) in [7, 11) is 1.57. The molecule has 2 aromatic carbocycles. The van der Waals surface area contributed by atoms with Crippen molar-refractivity contribution >= 4 is 40.7 Å². The second-order valence-corrected chi connectivity index (χ2v) is 5.94. The SMILES string of the molecule is Cc1ccccc1C(=O)N(C)CC(=O)Nc1c(Cl)cccc1Cl. The van der Waals surface area contributed by atoms with Crippen LogP contribution in [0.3, 0.4) is 0 Å². The predicted octanol–water partition coefficient (Wildman–Crippen LogP) is 4.01. The molecule has 0 bridgehead atoms. The molecule has 0 saturated carbocycles. The van der Waals surface area contributed by atoms with Crippen molar-refractivity contribution in [3.63, 3.8) is 0 Å². The number of halogens is 2. The second-order valence-electron chi connectivity index (χ2n) is 5.12. The molecule has 6 heteroatoms. The Kier molecular flexibility index (Phi) is 5.64. The number of nitrogens with one attached hydrogen (secondary N) is 1. The van der Waals surface area contributed by atoms with Crippen LogP contribution in [0.2, 0.25) is 10.0 Å². The number of rotatable bonds is 4. The number of benzene rings is 2. The lowest BCUT2D eigenvalue weighted by atomic mass is 10.1. The van der Waals surface area contributed by atoms with E-state index >= 15 is 0 Å². The van der Waals surface area contributed by atoms with Crippen LogP contribution in [0.4, 0.5) is 5.69 Å². The molecule has 0 aliphatic carbocycles. The minimum absolute atomic E-state index is 0.102. The van der Waals surface area contributed by atoms with Crippen molar-refractivity contribution in [2.45, 2.75) is 6.92 Å². The Hall–Kier alpha value is -2.04. The topological polar surface area (TPSA) is 49.4 Å². The lowest BCUT2D eigenvalue weighted by molar-refractivity contribution is -0.116. The molecule has 23 heavy (non-hydrogen) atoms. The monoisotopic (exact) mass is 350 g/mol. The maximum atomic E-state index is 12.4. The first-order valence-corrected chi connectivity index (χ1v) is 7.70. The average Bonchev–Trinajstić information content (AvgIpc) is 2.51. The predicted molar refractivity (Wildman–Crippen MR) is 93.2 cm³/mol. The van der Waals surface area contributed by atoms with E-state index in [1.807, 2.05) is 19.1 Å². The Balaban J connectivity index is 2.05. The van der Waals surface area contributed by atoms with Crippen molar-refractivity contribution < 1.29 is 9.59 Å². The molecule has 0 aliphatic rings. The van der Waals surface area contributed by atoms with Crippen LogP contribution in [0.25, 0.3) is 0 Å². The first kappa shape index (κ1) is 17.3. The van der Waals surface area contributed by atoms with Crippen LogP contribution in [0, 0.1) is 6.92 Å². The number of likely N-dealkylation sites (N-methyl/N-ethyl adjacent to an activating group) is 1. The van der Waals surface area contributed by atoms with Crippen LogP contribution in [0.5, 0.6) is 0 Å². The molecule has 2 aromatic rings. The molecule has 0 aromatic heterocycles. The van der Waals surface area contributed by atoms with Gasteiger partial charge in [0.05, 0.1) is 22.3 Å². The standard InChI is InChI=1S/C17H16Cl2N2O2/c1-11-6-3-4-7-12(11)17(23)21(2)10-15(22)20-16-13(18)8-5-9-14(16)19/h3-9H,10H2,1-2H3,(H,20,22). The largest absolute Gasteiger partial charge is 0.332 e. The number of aryl methyl sites for hydroxylation is 1. The number of nitrogens with zero attached hydrogens (tertiary/aromatic N) is 1. The van der Waals surface area contributed by atoms with E-state index < -0.39 is 0 Å². The van der Waals surface area contributed by atoms with Crippen molar-refractivity contribution in [1.82, 2.24) is 4.90 Å². The highest BCUT2D eigenvalue weighted by Crippen LogP contribution is 2.29. The molecular formula is C17H16Cl2N2O2. The number of carbonyl (C=O) groups excluding carboxylic acids is 2. The quantitative estimate of drug-likeness (QED) is 0.905. The number of hydrogen-bond donors (Lipinski definition) is 1. The zero-order valence-electron chi connectivity index (χ0n) is 12.8. The fraction of sp³-hybridized carbons (Fsp3) is 0.176. The number of para-hydroxylation sites is 1. The molecule has 0 atom stereocenters. The van der Waals surface area contributed by atoms with E-state index in [-0.39, 0.29) is 18.4 Å². The molecule has 2 rings (SSSR count). The van der Waals surface area contributed by atoms with Crippen LogP contribution in [-0.2, 0) is 4.79 Å². The number of anilines is 1. The summed E-state index contributed by atoms with van der Waals surface area (Å²) in [6.45, 7) is 1.75. The van der Waals surface area contributed by atoms with Crippen LogP contribution in [0.15, 0.2) is 42.5 Å². The highest BCUT2D eigenvalue weighted by molar-refractivity contribution is 6.39. The zero-order chi connectivity index (χ0) is 17.0. The first-order chi connectivity index (χ1) is 10.9. The summed E-state index contributed by atoms with van der Waals surface area (Å²) < 4.78 is 0. The summed E-state index contributed by atoms with van der Waals surface area (Å²) in [5.74, 6) is -0.590. The molecular weight excluding hydrogens is 335 g/mol. The Morgan fingerprint density at radius 3 is 2.26 bits per heavy atom. The Morgan fingerprint density at radius 1 is 1.04 bits per heavy atom. The van der Waals surface area contributed by atoms with Crippen LogP contribution in [0.1, 0.15) is 15.9 Å². The van der Waals surface area contributed by atoms with Crippen molar-refractivity contribution in [3.8, 4) is 0 Å². The van der Waals surface area contributed by atoms with Gasteiger partial charge in [-0.2, -0.15) is 0 Å². The highest BCUT2D eigenvalue weighted by Gasteiger charge is 2.17. The van der Waals surface area contributed by atoms with E-state index in [0.717, 1.165) is 5.56 Å².